The highest BCUT2D eigenvalue weighted by Gasteiger charge is 2.33. The van der Waals surface area contributed by atoms with Crippen molar-refractivity contribution >= 4 is 0 Å². The summed E-state index contributed by atoms with van der Waals surface area (Å²) in [6.45, 7) is 2.04. The van der Waals surface area contributed by atoms with Gasteiger partial charge in [-0.2, -0.15) is 0 Å². The molecule has 0 amide bonds. The second-order valence-corrected chi connectivity index (χ2v) is 4.44. The molecule has 5 nitrogen and oxygen atoms in total. The highest BCUT2D eigenvalue weighted by molar-refractivity contribution is 5.54. The molecule has 0 aliphatic carbocycles. The third-order valence-electron chi connectivity index (χ3n) is 3.26. The lowest BCUT2D eigenvalue weighted by Gasteiger charge is -2.34. The van der Waals surface area contributed by atoms with E-state index in [0.29, 0.717) is 26.2 Å². The van der Waals surface area contributed by atoms with Gasteiger partial charge in [-0.1, -0.05) is 0 Å². The summed E-state index contributed by atoms with van der Waals surface area (Å²) in [6.07, 6.45) is -2.70. The first-order valence-electron chi connectivity index (χ1n) is 5.99. The minimum atomic E-state index is -2.70. The van der Waals surface area contributed by atoms with E-state index in [-0.39, 0.29) is 5.56 Å². The van der Waals surface area contributed by atoms with E-state index in [1.807, 2.05) is 0 Å². The molecule has 0 unspecified atom stereocenters. The van der Waals surface area contributed by atoms with E-state index < -0.39 is 29.7 Å². The quantitative estimate of drug-likeness (QED) is 0.619. The van der Waals surface area contributed by atoms with Crippen molar-refractivity contribution in [3.63, 3.8) is 0 Å². The average Bonchev–Trinajstić information content (AvgIpc) is 2.40. The molecule has 1 aliphatic rings. The molecule has 0 aromatic heterocycles. The molecule has 4 N–H and O–H groups in total. The maximum atomic E-state index is 13.3. The summed E-state index contributed by atoms with van der Waals surface area (Å²) in [5.41, 5.74) is -0.0767. The van der Waals surface area contributed by atoms with Crippen LogP contribution < -0.4 is 5.32 Å². The minimum Gasteiger partial charge on any atom is -0.504 e. The van der Waals surface area contributed by atoms with Crippen molar-refractivity contribution in [1.82, 2.24) is 10.2 Å². The molecule has 0 radical (unpaired) electrons. The zero-order chi connectivity index (χ0) is 14.0. The van der Waals surface area contributed by atoms with Gasteiger partial charge < -0.3 is 20.6 Å². The summed E-state index contributed by atoms with van der Waals surface area (Å²) in [5, 5.41) is 31.5. The van der Waals surface area contributed by atoms with Crippen molar-refractivity contribution in [2.24, 2.45) is 0 Å². The average molecular weight is 274 g/mol. The Morgan fingerprint density at radius 1 is 1.05 bits per heavy atom. The second-order valence-electron chi connectivity index (χ2n) is 4.44. The molecular formula is C12H16F2N2O3. The molecule has 1 aliphatic heterocycles. The van der Waals surface area contributed by atoms with Gasteiger partial charge in [0.15, 0.2) is 11.5 Å². The summed E-state index contributed by atoms with van der Waals surface area (Å²) in [7, 11) is 0. The lowest BCUT2D eigenvalue weighted by molar-refractivity contribution is 0.0168. The van der Waals surface area contributed by atoms with E-state index in [4.69, 9.17) is 0 Å². The van der Waals surface area contributed by atoms with E-state index in [0.717, 1.165) is 6.07 Å². The Kier molecular flexibility index (Phi) is 4.06. The van der Waals surface area contributed by atoms with Crippen molar-refractivity contribution in [2.75, 3.05) is 26.2 Å². The fourth-order valence-corrected chi connectivity index (χ4v) is 2.28. The number of phenolic OH excluding ortho intramolecular Hbond substituents is 3. The number of benzene rings is 1. The number of nitrogens with one attached hydrogen (secondary N) is 1. The summed E-state index contributed by atoms with van der Waals surface area (Å²) < 4.78 is 26.5. The fourth-order valence-electron chi connectivity index (χ4n) is 2.28. The molecule has 0 saturated carbocycles. The van der Waals surface area contributed by atoms with Crippen LogP contribution in [0.2, 0.25) is 0 Å². The molecule has 7 heteroatoms. The van der Waals surface area contributed by atoms with E-state index in [1.165, 1.54) is 6.07 Å². The number of hydrogen-bond donors (Lipinski definition) is 4. The molecule has 1 saturated heterocycles. The molecular weight excluding hydrogens is 258 g/mol. The molecule has 0 bridgehead atoms. The molecule has 1 aromatic rings. The topological polar surface area (TPSA) is 76.0 Å². The van der Waals surface area contributed by atoms with Crippen molar-refractivity contribution in [2.45, 2.75) is 12.5 Å². The van der Waals surface area contributed by atoms with Gasteiger partial charge in [0.1, 0.15) is 6.04 Å². The van der Waals surface area contributed by atoms with Gasteiger partial charge >= 0.3 is 0 Å². The predicted molar refractivity (Wildman–Crippen MR) is 64.6 cm³/mol. The number of hydrogen-bond acceptors (Lipinski definition) is 5. The van der Waals surface area contributed by atoms with Crippen LogP contribution in [0.15, 0.2) is 12.1 Å². The summed E-state index contributed by atoms with van der Waals surface area (Å²) >= 11 is 0. The first-order valence-corrected chi connectivity index (χ1v) is 5.99. The first kappa shape index (κ1) is 13.8. The smallest absolute Gasteiger partial charge is 0.258 e. The number of phenols is 3. The number of aromatic hydroxyl groups is 3. The van der Waals surface area contributed by atoms with Crippen LogP contribution >= 0.6 is 0 Å². The van der Waals surface area contributed by atoms with Crippen LogP contribution in [0, 0.1) is 0 Å². The third-order valence-corrected chi connectivity index (χ3v) is 3.26. The first-order chi connectivity index (χ1) is 9.02. The monoisotopic (exact) mass is 274 g/mol. The van der Waals surface area contributed by atoms with Gasteiger partial charge in [0.25, 0.3) is 6.43 Å². The Morgan fingerprint density at radius 2 is 1.68 bits per heavy atom. The molecule has 2 rings (SSSR count). The van der Waals surface area contributed by atoms with Crippen LogP contribution in [0.3, 0.4) is 0 Å². The predicted octanol–water partition coefficient (Wildman–Crippen LogP) is 1.01. The molecule has 1 atom stereocenters. The Morgan fingerprint density at radius 3 is 2.26 bits per heavy atom. The lowest BCUT2D eigenvalue weighted by Crippen LogP contribution is -2.46. The van der Waals surface area contributed by atoms with E-state index in [2.05, 4.69) is 5.32 Å². The van der Waals surface area contributed by atoms with Crippen LogP contribution in [0.25, 0.3) is 0 Å². The van der Waals surface area contributed by atoms with Gasteiger partial charge in [0, 0.05) is 31.7 Å². The van der Waals surface area contributed by atoms with Crippen molar-refractivity contribution in [1.29, 1.82) is 0 Å². The Hall–Kier alpha value is -1.60. The lowest BCUT2D eigenvalue weighted by atomic mass is 10.0. The highest BCUT2D eigenvalue weighted by atomic mass is 19.3. The molecule has 1 fully saturated rings. The van der Waals surface area contributed by atoms with Gasteiger partial charge in [-0.15, -0.1) is 0 Å². The van der Waals surface area contributed by atoms with Gasteiger partial charge in [-0.05, 0) is 12.1 Å². The minimum absolute atomic E-state index is 0.0767. The normalized spacial score (nSPS) is 18.7. The maximum Gasteiger partial charge on any atom is 0.258 e. The van der Waals surface area contributed by atoms with E-state index >= 15 is 0 Å². The Labute approximate surface area is 109 Å². The molecule has 19 heavy (non-hydrogen) atoms. The standard InChI is InChI=1S/C12H16F2N2O3/c13-12(14)9(16-5-3-15-4-6-16)7-1-2-8(17)11(19)10(7)18/h1-2,9,12,15,17-19H,3-6H2/t9-/m1/s1. The maximum absolute atomic E-state index is 13.3. The van der Waals surface area contributed by atoms with Crippen molar-refractivity contribution < 1.29 is 24.1 Å². The van der Waals surface area contributed by atoms with Crippen LogP contribution in [0.4, 0.5) is 8.78 Å². The van der Waals surface area contributed by atoms with Gasteiger partial charge in [-0.3, -0.25) is 4.90 Å². The third kappa shape index (κ3) is 2.71. The molecule has 106 valence electrons. The van der Waals surface area contributed by atoms with Crippen molar-refractivity contribution in [3.05, 3.63) is 17.7 Å². The van der Waals surface area contributed by atoms with Gasteiger partial charge in [-0.25, -0.2) is 8.78 Å². The summed E-state index contributed by atoms with van der Waals surface area (Å²) in [5.74, 6) is -1.99. The number of nitrogens with zero attached hydrogens (tertiary/aromatic N) is 1. The molecule has 1 heterocycles. The largest absolute Gasteiger partial charge is 0.504 e. The zero-order valence-electron chi connectivity index (χ0n) is 10.2. The second kappa shape index (κ2) is 5.58. The number of piperazine rings is 1. The highest BCUT2D eigenvalue weighted by Crippen LogP contribution is 2.42. The van der Waals surface area contributed by atoms with Crippen LogP contribution in [-0.4, -0.2) is 52.8 Å². The Bertz CT molecular complexity index is 451. The van der Waals surface area contributed by atoms with Gasteiger partial charge in [0.05, 0.1) is 0 Å². The number of rotatable bonds is 3. The van der Waals surface area contributed by atoms with Gasteiger partial charge in [0.2, 0.25) is 5.75 Å². The van der Waals surface area contributed by atoms with Crippen molar-refractivity contribution in [3.8, 4) is 17.2 Å². The summed E-state index contributed by atoms with van der Waals surface area (Å²) in [4.78, 5) is 1.55. The fraction of sp³-hybridized carbons (Fsp3) is 0.500. The van der Waals surface area contributed by atoms with Crippen LogP contribution in [0.1, 0.15) is 11.6 Å². The number of alkyl halides is 2. The van der Waals surface area contributed by atoms with Crippen LogP contribution in [0.5, 0.6) is 17.2 Å². The SMILES string of the molecule is Oc1ccc([C@H](C(F)F)N2CCNCC2)c(O)c1O. The summed E-state index contributed by atoms with van der Waals surface area (Å²) in [6, 6.07) is 1.01. The molecule has 1 aromatic carbocycles. The van der Waals surface area contributed by atoms with E-state index in [9.17, 15) is 24.1 Å². The van der Waals surface area contributed by atoms with E-state index in [1.54, 1.807) is 4.90 Å². The van der Waals surface area contributed by atoms with Crippen LogP contribution in [-0.2, 0) is 0 Å². The Balaban J connectivity index is 2.36. The number of halogens is 2. The molecule has 0 spiro atoms. The zero-order valence-corrected chi connectivity index (χ0v) is 10.2.